The van der Waals surface area contributed by atoms with Gasteiger partial charge in [-0.1, -0.05) is 0 Å². The van der Waals surface area contributed by atoms with Crippen molar-refractivity contribution in [3.63, 3.8) is 0 Å². The number of likely N-dealkylation sites (N-methyl/N-ethyl adjacent to an activating group) is 1. The summed E-state index contributed by atoms with van der Waals surface area (Å²) in [5.41, 5.74) is 3.50. The quantitative estimate of drug-likeness (QED) is 0.855. The smallest absolute Gasteiger partial charge is 0.341 e. The second-order valence-electron chi connectivity index (χ2n) is 7.20. The highest BCUT2D eigenvalue weighted by molar-refractivity contribution is 6.10. The lowest BCUT2D eigenvalue weighted by atomic mass is 10.1. The van der Waals surface area contributed by atoms with Crippen LogP contribution in [-0.2, 0) is 11.3 Å². The van der Waals surface area contributed by atoms with Gasteiger partial charge in [0.05, 0.1) is 6.54 Å². The van der Waals surface area contributed by atoms with E-state index in [1.807, 2.05) is 12.1 Å². The maximum absolute atomic E-state index is 12.8. The van der Waals surface area contributed by atoms with Gasteiger partial charge in [-0.3, -0.25) is 4.79 Å². The molecule has 1 fully saturated rings. The third kappa shape index (κ3) is 3.66. The van der Waals surface area contributed by atoms with Gasteiger partial charge in [0, 0.05) is 43.1 Å². The van der Waals surface area contributed by atoms with E-state index in [2.05, 4.69) is 29.0 Å². The van der Waals surface area contributed by atoms with Crippen molar-refractivity contribution >= 4 is 23.3 Å². The Bertz CT molecular complexity index is 889. The molecule has 2 aliphatic rings. The van der Waals surface area contributed by atoms with Crippen LogP contribution >= 0.6 is 0 Å². The minimum Gasteiger partial charge on any atom is -0.482 e. The van der Waals surface area contributed by atoms with Gasteiger partial charge in [0.2, 0.25) is 0 Å². The van der Waals surface area contributed by atoms with E-state index in [9.17, 15) is 9.59 Å². The van der Waals surface area contributed by atoms with Crippen LogP contribution in [0.15, 0.2) is 42.5 Å². The number of amides is 1. The first-order chi connectivity index (χ1) is 13.5. The molecule has 0 atom stereocenters. The summed E-state index contributed by atoms with van der Waals surface area (Å²) in [5, 5.41) is 8.74. The number of aliphatic carboxylic acids is 1. The first kappa shape index (κ1) is 18.3. The number of ether oxygens (including phenoxy) is 1. The zero-order valence-electron chi connectivity index (χ0n) is 15.8. The molecule has 2 aromatic carbocycles. The van der Waals surface area contributed by atoms with Crippen molar-refractivity contribution in [2.24, 2.45) is 0 Å². The molecule has 0 bridgehead atoms. The zero-order valence-corrected chi connectivity index (χ0v) is 15.8. The molecule has 28 heavy (non-hydrogen) atoms. The number of hydrogen-bond donors (Lipinski definition) is 1. The van der Waals surface area contributed by atoms with Gasteiger partial charge in [-0.15, -0.1) is 0 Å². The van der Waals surface area contributed by atoms with Gasteiger partial charge in [0.25, 0.3) is 5.91 Å². The van der Waals surface area contributed by atoms with Crippen LogP contribution in [0, 0.1) is 0 Å². The van der Waals surface area contributed by atoms with Gasteiger partial charge in [-0.05, 0) is 55.1 Å². The van der Waals surface area contributed by atoms with E-state index in [4.69, 9.17) is 9.84 Å². The standard InChI is InChI=1S/C21H23N3O4/c1-22-8-10-23(11-9-22)16-2-4-17(5-3-16)24-13-15-12-18(28-14-20(25)26)6-7-19(15)21(24)27/h2-7,12H,8-11,13-14H2,1H3,(H,25,26). The number of carbonyl (C=O) groups excluding carboxylic acids is 1. The van der Waals surface area contributed by atoms with E-state index in [0.717, 1.165) is 37.4 Å². The number of benzene rings is 2. The minimum absolute atomic E-state index is 0.0490. The van der Waals surface area contributed by atoms with Gasteiger partial charge in [0.1, 0.15) is 5.75 Å². The van der Waals surface area contributed by atoms with E-state index in [1.54, 1.807) is 23.1 Å². The van der Waals surface area contributed by atoms with Crippen molar-refractivity contribution in [1.29, 1.82) is 0 Å². The molecule has 0 aliphatic carbocycles. The van der Waals surface area contributed by atoms with Gasteiger partial charge < -0.3 is 24.5 Å². The SMILES string of the molecule is CN1CCN(c2ccc(N3Cc4cc(OCC(=O)O)ccc4C3=O)cc2)CC1. The molecular weight excluding hydrogens is 358 g/mol. The molecule has 2 heterocycles. The van der Waals surface area contributed by atoms with Crippen LogP contribution < -0.4 is 14.5 Å². The zero-order chi connectivity index (χ0) is 19.7. The molecule has 2 aromatic rings. The monoisotopic (exact) mass is 381 g/mol. The summed E-state index contributed by atoms with van der Waals surface area (Å²) >= 11 is 0. The van der Waals surface area contributed by atoms with Crippen LogP contribution in [0.1, 0.15) is 15.9 Å². The van der Waals surface area contributed by atoms with Crippen molar-refractivity contribution in [3.05, 3.63) is 53.6 Å². The summed E-state index contributed by atoms with van der Waals surface area (Å²) in [6, 6.07) is 13.2. The number of carbonyl (C=O) groups is 2. The molecule has 2 aliphatic heterocycles. The van der Waals surface area contributed by atoms with Crippen LogP contribution in [0.3, 0.4) is 0 Å². The molecule has 1 N–H and O–H groups in total. The highest BCUT2D eigenvalue weighted by atomic mass is 16.5. The van der Waals surface area contributed by atoms with E-state index >= 15 is 0 Å². The number of fused-ring (bicyclic) bond motifs is 1. The summed E-state index contributed by atoms with van der Waals surface area (Å²) in [5.74, 6) is -0.619. The fraction of sp³-hybridized carbons (Fsp3) is 0.333. The average molecular weight is 381 g/mol. The van der Waals surface area contributed by atoms with Crippen molar-refractivity contribution < 1.29 is 19.4 Å². The van der Waals surface area contributed by atoms with Crippen molar-refractivity contribution in [3.8, 4) is 5.75 Å². The number of anilines is 2. The normalized spacial score (nSPS) is 17.0. The number of rotatable bonds is 5. The maximum atomic E-state index is 12.8. The van der Waals surface area contributed by atoms with Gasteiger partial charge in [-0.2, -0.15) is 0 Å². The molecule has 146 valence electrons. The third-order valence-corrected chi connectivity index (χ3v) is 5.27. The van der Waals surface area contributed by atoms with Crippen LogP contribution in [0.25, 0.3) is 0 Å². The predicted octanol–water partition coefficient (Wildman–Crippen LogP) is 2.06. The fourth-order valence-corrected chi connectivity index (χ4v) is 3.65. The molecule has 0 spiro atoms. The molecule has 0 unspecified atom stereocenters. The second-order valence-corrected chi connectivity index (χ2v) is 7.20. The Labute approximate surface area is 163 Å². The summed E-state index contributed by atoms with van der Waals surface area (Å²) in [4.78, 5) is 29.8. The second kappa shape index (κ2) is 7.52. The van der Waals surface area contributed by atoms with Crippen molar-refractivity contribution in [1.82, 2.24) is 4.90 Å². The van der Waals surface area contributed by atoms with Crippen LogP contribution in [-0.4, -0.2) is 61.7 Å². The van der Waals surface area contributed by atoms with E-state index in [-0.39, 0.29) is 5.91 Å². The highest BCUT2D eigenvalue weighted by Gasteiger charge is 2.29. The number of carboxylic acid groups (broad SMARTS) is 1. The van der Waals surface area contributed by atoms with Crippen molar-refractivity contribution in [2.45, 2.75) is 6.54 Å². The van der Waals surface area contributed by atoms with Gasteiger partial charge in [-0.25, -0.2) is 4.79 Å². The van der Waals surface area contributed by atoms with Crippen LogP contribution in [0.5, 0.6) is 5.75 Å². The first-order valence-electron chi connectivity index (χ1n) is 9.34. The van der Waals surface area contributed by atoms with Gasteiger partial charge >= 0.3 is 5.97 Å². The molecule has 4 rings (SSSR count). The van der Waals surface area contributed by atoms with Crippen LogP contribution in [0.4, 0.5) is 11.4 Å². The lowest BCUT2D eigenvalue weighted by Crippen LogP contribution is -2.44. The van der Waals surface area contributed by atoms with E-state index < -0.39 is 12.6 Å². The molecular formula is C21H23N3O4. The number of nitrogens with zero attached hydrogens (tertiary/aromatic N) is 3. The Morgan fingerprint density at radius 1 is 1.04 bits per heavy atom. The molecule has 1 amide bonds. The predicted molar refractivity (Wildman–Crippen MR) is 106 cm³/mol. The molecule has 0 radical (unpaired) electrons. The van der Waals surface area contributed by atoms with Crippen molar-refractivity contribution in [2.75, 3.05) is 49.6 Å². The summed E-state index contributed by atoms with van der Waals surface area (Å²) in [6.07, 6.45) is 0. The highest BCUT2D eigenvalue weighted by Crippen LogP contribution is 2.32. The first-order valence-corrected chi connectivity index (χ1v) is 9.34. The van der Waals surface area contributed by atoms with E-state index in [1.165, 1.54) is 5.69 Å². The number of piperazine rings is 1. The lowest BCUT2D eigenvalue weighted by molar-refractivity contribution is -0.139. The molecule has 0 aromatic heterocycles. The summed E-state index contributed by atoms with van der Waals surface area (Å²) < 4.78 is 5.22. The molecule has 0 saturated carbocycles. The lowest BCUT2D eigenvalue weighted by Gasteiger charge is -2.34. The Hall–Kier alpha value is -3.06. The van der Waals surface area contributed by atoms with Crippen LogP contribution in [0.2, 0.25) is 0 Å². The third-order valence-electron chi connectivity index (χ3n) is 5.27. The number of hydrogen-bond acceptors (Lipinski definition) is 5. The fourth-order valence-electron chi connectivity index (χ4n) is 3.65. The van der Waals surface area contributed by atoms with Gasteiger partial charge in [0.15, 0.2) is 6.61 Å². The van der Waals surface area contributed by atoms with E-state index in [0.29, 0.717) is 17.9 Å². The Balaban J connectivity index is 1.47. The maximum Gasteiger partial charge on any atom is 0.341 e. The Morgan fingerprint density at radius 3 is 2.39 bits per heavy atom. The Morgan fingerprint density at radius 2 is 1.71 bits per heavy atom. The molecule has 1 saturated heterocycles. The topological polar surface area (TPSA) is 73.3 Å². The minimum atomic E-state index is -1.03. The summed E-state index contributed by atoms with van der Waals surface area (Å²) in [7, 11) is 2.13. The largest absolute Gasteiger partial charge is 0.482 e. The average Bonchev–Trinajstić information content (AvgIpc) is 3.03. The summed E-state index contributed by atoms with van der Waals surface area (Å²) in [6.45, 7) is 4.16. The number of carboxylic acids is 1. The Kier molecular flexibility index (Phi) is 4.92. The molecule has 7 nitrogen and oxygen atoms in total. The molecule has 7 heteroatoms.